The number of nitrogens with one attached hydrogen (secondary N) is 4. The zero-order chi connectivity index (χ0) is 17.2. The standard InChI is InChI=1S/C13H16Cl2N4O4/c14-1-3-16-12(22)18-9-5-8(11(20)21)6-10(7-9)19-13(23)17-4-2-15/h5-7H,1-4H2,(H,20,21)(H2,16,18,22)(H2,17,19,23). The lowest BCUT2D eigenvalue weighted by Gasteiger charge is -2.11. The van der Waals surface area contributed by atoms with E-state index in [1.807, 2.05) is 0 Å². The van der Waals surface area contributed by atoms with Gasteiger partial charge in [-0.05, 0) is 18.2 Å². The van der Waals surface area contributed by atoms with E-state index in [1.54, 1.807) is 0 Å². The summed E-state index contributed by atoms with van der Waals surface area (Å²) < 4.78 is 0. The van der Waals surface area contributed by atoms with Gasteiger partial charge < -0.3 is 26.4 Å². The van der Waals surface area contributed by atoms with Crippen LogP contribution in [0.1, 0.15) is 10.4 Å². The quantitative estimate of drug-likeness (QED) is 0.477. The molecule has 0 heterocycles. The second-order valence-corrected chi connectivity index (χ2v) is 5.00. The maximum absolute atomic E-state index is 11.6. The number of urea groups is 2. The van der Waals surface area contributed by atoms with E-state index in [-0.39, 0.29) is 41.8 Å². The van der Waals surface area contributed by atoms with Gasteiger partial charge in [0.25, 0.3) is 0 Å². The summed E-state index contributed by atoms with van der Waals surface area (Å²) in [5.74, 6) is -0.703. The second-order valence-electron chi connectivity index (χ2n) is 4.24. The van der Waals surface area contributed by atoms with Crippen LogP contribution >= 0.6 is 23.2 Å². The van der Waals surface area contributed by atoms with Crippen molar-refractivity contribution in [2.75, 3.05) is 35.5 Å². The van der Waals surface area contributed by atoms with Crippen LogP contribution in [0.2, 0.25) is 0 Å². The summed E-state index contributed by atoms with van der Waals surface area (Å²) in [7, 11) is 0. The number of carbonyl (C=O) groups excluding carboxylic acids is 2. The molecule has 0 aliphatic carbocycles. The van der Waals surface area contributed by atoms with Crippen molar-refractivity contribution >= 4 is 52.6 Å². The molecule has 0 aliphatic rings. The lowest BCUT2D eigenvalue weighted by atomic mass is 10.1. The van der Waals surface area contributed by atoms with Crippen molar-refractivity contribution in [2.24, 2.45) is 0 Å². The molecule has 23 heavy (non-hydrogen) atoms. The molecule has 4 amide bonds. The summed E-state index contributed by atoms with van der Waals surface area (Å²) in [6, 6.07) is 2.89. The van der Waals surface area contributed by atoms with Gasteiger partial charge in [0.15, 0.2) is 0 Å². The number of hydrogen-bond donors (Lipinski definition) is 5. The first-order valence-electron chi connectivity index (χ1n) is 6.56. The summed E-state index contributed by atoms with van der Waals surface area (Å²) in [6.07, 6.45) is 0. The van der Waals surface area contributed by atoms with Gasteiger partial charge in [-0.25, -0.2) is 14.4 Å². The van der Waals surface area contributed by atoms with Gasteiger partial charge in [-0.2, -0.15) is 0 Å². The average molecular weight is 363 g/mol. The Morgan fingerprint density at radius 3 is 1.65 bits per heavy atom. The third-order valence-corrected chi connectivity index (χ3v) is 2.83. The maximum atomic E-state index is 11.6. The fourth-order valence-electron chi connectivity index (χ4n) is 1.57. The van der Waals surface area contributed by atoms with Crippen molar-refractivity contribution in [1.82, 2.24) is 10.6 Å². The molecule has 1 aromatic rings. The SMILES string of the molecule is O=C(NCCCl)Nc1cc(NC(=O)NCCCl)cc(C(=O)O)c1. The van der Waals surface area contributed by atoms with Crippen LogP contribution in [0.3, 0.4) is 0 Å². The van der Waals surface area contributed by atoms with Gasteiger partial charge in [0.1, 0.15) is 0 Å². The highest BCUT2D eigenvalue weighted by atomic mass is 35.5. The molecule has 0 spiro atoms. The molecule has 0 atom stereocenters. The molecule has 1 rings (SSSR count). The number of rotatable bonds is 7. The predicted octanol–water partition coefficient (Wildman–Crippen LogP) is 2.11. The first-order valence-corrected chi connectivity index (χ1v) is 7.63. The van der Waals surface area contributed by atoms with E-state index in [1.165, 1.54) is 18.2 Å². The van der Waals surface area contributed by atoms with Gasteiger partial charge in [-0.3, -0.25) is 0 Å². The van der Waals surface area contributed by atoms with Crippen LogP contribution in [0.5, 0.6) is 0 Å². The van der Waals surface area contributed by atoms with Crippen molar-refractivity contribution in [2.45, 2.75) is 0 Å². The smallest absolute Gasteiger partial charge is 0.335 e. The second kappa shape index (κ2) is 9.75. The molecule has 0 saturated heterocycles. The van der Waals surface area contributed by atoms with Crippen molar-refractivity contribution in [3.8, 4) is 0 Å². The Morgan fingerprint density at radius 2 is 1.30 bits per heavy atom. The van der Waals surface area contributed by atoms with E-state index in [4.69, 9.17) is 28.3 Å². The molecule has 0 radical (unpaired) electrons. The van der Waals surface area contributed by atoms with Gasteiger partial charge in [0.05, 0.1) is 5.56 Å². The number of carbonyl (C=O) groups is 3. The van der Waals surface area contributed by atoms with Crippen LogP contribution in [0, 0.1) is 0 Å². The van der Waals surface area contributed by atoms with Gasteiger partial charge >= 0.3 is 18.0 Å². The zero-order valence-corrected chi connectivity index (χ0v) is 13.5. The fraction of sp³-hybridized carbons (Fsp3) is 0.308. The topological polar surface area (TPSA) is 120 Å². The van der Waals surface area contributed by atoms with E-state index >= 15 is 0 Å². The first kappa shape index (κ1) is 18.9. The molecule has 1 aromatic carbocycles. The number of carboxylic acid groups (broad SMARTS) is 1. The Bertz CT molecular complexity index is 543. The predicted molar refractivity (Wildman–Crippen MR) is 88.9 cm³/mol. The maximum Gasteiger partial charge on any atom is 0.335 e. The van der Waals surface area contributed by atoms with Crippen LogP contribution in [-0.2, 0) is 0 Å². The number of benzene rings is 1. The minimum absolute atomic E-state index is 0.0900. The molecular weight excluding hydrogens is 347 g/mol. The molecule has 5 N–H and O–H groups in total. The van der Waals surface area contributed by atoms with Crippen LogP contribution in [-0.4, -0.2) is 48.0 Å². The van der Waals surface area contributed by atoms with Crippen molar-refractivity contribution < 1.29 is 19.5 Å². The Hall–Kier alpha value is -2.19. The van der Waals surface area contributed by atoms with E-state index in [0.717, 1.165) is 0 Å². The van der Waals surface area contributed by atoms with E-state index in [9.17, 15) is 14.4 Å². The molecule has 0 aliphatic heterocycles. The van der Waals surface area contributed by atoms with Gasteiger partial charge in [-0.1, -0.05) is 0 Å². The largest absolute Gasteiger partial charge is 0.478 e. The highest BCUT2D eigenvalue weighted by molar-refractivity contribution is 6.18. The Morgan fingerprint density at radius 1 is 0.870 bits per heavy atom. The molecule has 126 valence electrons. The van der Waals surface area contributed by atoms with Crippen molar-refractivity contribution in [3.63, 3.8) is 0 Å². The van der Waals surface area contributed by atoms with Crippen molar-refractivity contribution in [1.29, 1.82) is 0 Å². The van der Waals surface area contributed by atoms with E-state index < -0.39 is 18.0 Å². The Labute approximate surface area is 142 Å². The number of carboxylic acids is 1. The summed E-state index contributed by atoms with van der Waals surface area (Å²) in [6.45, 7) is 0.524. The number of halogens is 2. The molecule has 0 unspecified atom stereocenters. The van der Waals surface area contributed by atoms with Crippen LogP contribution in [0.15, 0.2) is 18.2 Å². The molecule has 0 saturated carbocycles. The van der Waals surface area contributed by atoms with Crippen LogP contribution in [0.4, 0.5) is 21.0 Å². The van der Waals surface area contributed by atoms with Gasteiger partial charge in [0, 0.05) is 36.2 Å². The molecular formula is C13H16Cl2N4O4. The minimum atomic E-state index is -1.20. The third-order valence-electron chi connectivity index (χ3n) is 2.46. The number of amides is 4. The highest BCUT2D eigenvalue weighted by Gasteiger charge is 2.11. The third kappa shape index (κ3) is 7.07. The summed E-state index contributed by atoms with van der Waals surface area (Å²) >= 11 is 10.9. The normalized spacial score (nSPS) is 9.83. The van der Waals surface area contributed by atoms with Crippen molar-refractivity contribution in [3.05, 3.63) is 23.8 Å². The van der Waals surface area contributed by atoms with E-state index in [0.29, 0.717) is 0 Å². The van der Waals surface area contributed by atoms with E-state index in [2.05, 4.69) is 21.3 Å². The number of anilines is 2. The zero-order valence-electron chi connectivity index (χ0n) is 12.0. The van der Waals surface area contributed by atoms with Gasteiger partial charge in [-0.15, -0.1) is 23.2 Å². The van der Waals surface area contributed by atoms with Gasteiger partial charge in [0.2, 0.25) is 0 Å². The summed E-state index contributed by atoms with van der Waals surface area (Å²) in [4.78, 5) is 34.3. The minimum Gasteiger partial charge on any atom is -0.478 e. The van der Waals surface area contributed by atoms with Crippen LogP contribution in [0.25, 0.3) is 0 Å². The molecule has 0 aromatic heterocycles. The summed E-state index contributed by atoms with van der Waals surface area (Å²) in [5, 5.41) is 19.0. The highest BCUT2D eigenvalue weighted by Crippen LogP contribution is 2.19. The lowest BCUT2D eigenvalue weighted by molar-refractivity contribution is 0.0697. The Balaban J connectivity index is 2.87. The molecule has 8 nitrogen and oxygen atoms in total. The Kier molecular flexibility index (Phi) is 8.00. The molecule has 0 bridgehead atoms. The summed E-state index contributed by atoms with van der Waals surface area (Å²) in [5.41, 5.74) is 0.335. The number of alkyl halides is 2. The number of aromatic carboxylic acids is 1. The fourth-order valence-corrected chi connectivity index (χ4v) is 1.76. The molecule has 0 fully saturated rings. The lowest BCUT2D eigenvalue weighted by Crippen LogP contribution is -2.31. The first-order chi connectivity index (χ1) is 11.0. The van der Waals surface area contributed by atoms with Crippen LogP contribution < -0.4 is 21.3 Å². The average Bonchev–Trinajstić information content (AvgIpc) is 2.50. The molecule has 10 heteroatoms. The monoisotopic (exact) mass is 362 g/mol. The number of hydrogen-bond acceptors (Lipinski definition) is 3.